The molecule has 0 saturated heterocycles. The molecule has 1 aromatic heterocycles. The Morgan fingerprint density at radius 3 is 2.67 bits per heavy atom. The van der Waals surface area contributed by atoms with Crippen molar-refractivity contribution in [3.8, 4) is 12.3 Å². The van der Waals surface area contributed by atoms with E-state index in [9.17, 15) is 0 Å². The lowest BCUT2D eigenvalue weighted by atomic mass is 10.0. The summed E-state index contributed by atoms with van der Waals surface area (Å²) in [5.41, 5.74) is 0.916. The topological polar surface area (TPSA) is 12.9 Å². The van der Waals surface area contributed by atoms with Gasteiger partial charge in [-0.3, -0.25) is 4.98 Å². The summed E-state index contributed by atoms with van der Waals surface area (Å²) >= 11 is 5.71. The zero-order valence-corrected chi connectivity index (χ0v) is 7.30. The molecule has 2 heteroatoms. The van der Waals surface area contributed by atoms with Gasteiger partial charge in [-0.25, -0.2) is 0 Å². The highest BCUT2D eigenvalue weighted by molar-refractivity contribution is 6.30. The van der Waals surface area contributed by atoms with Gasteiger partial charge < -0.3 is 0 Å². The van der Waals surface area contributed by atoms with Gasteiger partial charge in [0, 0.05) is 6.20 Å². The molecule has 0 atom stereocenters. The Bertz CT molecular complexity index is 330. The maximum atomic E-state index is 5.71. The molecule has 1 aliphatic carbocycles. The third-order valence-electron chi connectivity index (χ3n) is 2.24. The fourth-order valence-electron chi connectivity index (χ4n) is 1.26. The third-order valence-corrected chi connectivity index (χ3v) is 2.47. The molecule has 1 saturated carbocycles. The zero-order chi connectivity index (χ0) is 8.60. The van der Waals surface area contributed by atoms with E-state index in [-0.39, 0.29) is 5.41 Å². The van der Waals surface area contributed by atoms with Gasteiger partial charge in [-0.05, 0) is 25.0 Å². The van der Waals surface area contributed by atoms with E-state index in [2.05, 4.69) is 10.9 Å². The Kier molecular flexibility index (Phi) is 1.59. The van der Waals surface area contributed by atoms with E-state index < -0.39 is 0 Å². The van der Waals surface area contributed by atoms with E-state index >= 15 is 0 Å². The molecule has 0 amide bonds. The lowest BCUT2D eigenvalue weighted by Gasteiger charge is -2.05. The Hall–Kier alpha value is -1.00. The van der Waals surface area contributed by atoms with Crippen molar-refractivity contribution in [2.45, 2.75) is 18.3 Å². The first-order valence-electron chi connectivity index (χ1n) is 3.87. The van der Waals surface area contributed by atoms with E-state index in [0.29, 0.717) is 5.02 Å². The monoisotopic (exact) mass is 177 g/mol. The van der Waals surface area contributed by atoms with Crippen LogP contribution in [0.25, 0.3) is 0 Å². The van der Waals surface area contributed by atoms with Gasteiger partial charge in [0.1, 0.15) is 0 Å². The smallest absolute Gasteiger partial charge is 0.0733 e. The number of hydrogen-bond acceptors (Lipinski definition) is 1. The number of terminal acetylenes is 1. The molecule has 1 heterocycles. The lowest BCUT2D eigenvalue weighted by molar-refractivity contribution is 0.871. The summed E-state index contributed by atoms with van der Waals surface area (Å²) in [5, 5.41) is 0.659. The fourth-order valence-corrected chi connectivity index (χ4v) is 1.37. The maximum absolute atomic E-state index is 5.71. The van der Waals surface area contributed by atoms with E-state index in [0.717, 1.165) is 18.5 Å². The molecular formula is C10H8ClN. The van der Waals surface area contributed by atoms with E-state index in [1.54, 1.807) is 6.20 Å². The third kappa shape index (κ3) is 1.09. The number of nitrogens with zero attached hydrogens (tertiary/aromatic N) is 1. The molecule has 0 aliphatic heterocycles. The first-order chi connectivity index (χ1) is 5.77. The molecule has 2 rings (SSSR count). The molecule has 0 bridgehead atoms. The van der Waals surface area contributed by atoms with Crippen LogP contribution in [0.3, 0.4) is 0 Å². The summed E-state index contributed by atoms with van der Waals surface area (Å²) in [5.74, 6) is 2.78. The molecular weight excluding hydrogens is 170 g/mol. The van der Waals surface area contributed by atoms with Crippen LogP contribution in [0.1, 0.15) is 18.5 Å². The molecule has 1 aliphatic rings. The van der Waals surface area contributed by atoms with E-state index in [1.165, 1.54) is 0 Å². The molecule has 0 unspecified atom stereocenters. The summed E-state index contributed by atoms with van der Waals surface area (Å²) < 4.78 is 0. The van der Waals surface area contributed by atoms with Crippen LogP contribution >= 0.6 is 11.6 Å². The molecule has 0 aromatic carbocycles. The standard InChI is InChI=1S/C10H8ClN/c1-2-10(5-6-10)9-4-3-8(11)7-12-9/h1,3-4,7H,5-6H2. The molecule has 1 nitrogen and oxygen atoms in total. The van der Waals surface area contributed by atoms with Crippen LogP contribution in [0.4, 0.5) is 0 Å². The minimum atomic E-state index is -0.0649. The van der Waals surface area contributed by atoms with Gasteiger partial charge >= 0.3 is 0 Å². The number of aromatic nitrogens is 1. The highest BCUT2D eigenvalue weighted by Gasteiger charge is 2.43. The highest BCUT2D eigenvalue weighted by atomic mass is 35.5. The summed E-state index contributed by atoms with van der Waals surface area (Å²) in [6, 6.07) is 3.75. The molecule has 0 N–H and O–H groups in total. The lowest BCUT2D eigenvalue weighted by Crippen LogP contribution is -2.04. The van der Waals surface area contributed by atoms with Crippen molar-refractivity contribution in [1.29, 1.82) is 0 Å². The Balaban J connectivity index is 2.37. The largest absolute Gasteiger partial charge is 0.258 e. The van der Waals surface area contributed by atoms with Crippen LogP contribution in [0.15, 0.2) is 18.3 Å². The normalized spacial score (nSPS) is 18.3. The highest BCUT2D eigenvalue weighted by Crippen LogP contribution is 2.46. The quantitative estimate of drug-likeness (QED) is 0.601. The van der Waals surface area contributed by atoms with Crippen molar-refractivity contribution >= 4 is 11.6 Å². The van der Waals surface area contributed by atoms with Crippen LogP contribution in [0.5, 0.6) is 0 Å². The van der Waals surface area contributed by atoms with Crippen LogP contribution in [0.2, 0.25) is 5.02 Å². The number of rotatable bonds is 1. The molecule has 0 radical (unpaired) electrons. The van der Waals surface area contributed by atoms with Crippen molar-refractivity contribution in [3.05, 3.63) is 29.0 Å². The van der Waals surface area contributed by atoms with Crippen molar-refractivity contribution in [2.75, 3.05) is 0 Å². The van der Waals surface area contributed by atoms with Gasteiger partial charge in [-0.15, -0.1) is 6.42 Å². The van der Waals surface area contributed by atoms with Gasteiger partial charge in [0.25, 0.3) is 0 Å². The second-order valence-corrected chi connectivity index (χ2v) is 3.52. The van der Waals surface area contributed by atoms with Crippen molar-refractivity contribution in [3.63, 3.8) is 0 Å². The minimum absolute atomic E-state index is 0.0649. The second-order valence-electron chi connectivity index (χ2n) is 3.09. The van der Waals surface area contributed by atoms with Crippen LogP contribution < -0.4 is 0 Å². The second kappa shape index (κ2) is 2.50. The van der Waals surface area contributed by atoms with E-state index in [4.69, 9.17) is 18.0 Å². The Morgan fingerprint density at radius 2 is 2.25 bits per heavy atom. The van der Waals surface area contributed by atoms with Crippen molar-refractivity contribution in [2.24, 2.45) is 0 Å². The predicted molar refractivity (Wildman–Crippen MR) is 49.0 cm³/mol. The van der Waals surface area contributed by atoms with Gasteiger partial charge in [-0.1, -0.05) is 17.5 Å². The average Bonchev–Trinajstić information content (AvgIpc) is 2.86. The summed E-state index contributed by atoms with van der Waals surface area (Å²) in [4.78, 5) is 4.21. The molecule has 12 heavy (non-hydrogen) atoms. The summed E-state index contributed by atoms with van der Waals surface area (Å²) in [6.45, 7) is 0. The zero-order valence-electron chi connectivity index (χ0n) is 6.55. The number of pyridine rings is 1. The minimum Gasteiger partial charge on any atom is -0.258 e. The molecule has 1 fully saturated rings. The Labute approximate surface area is 76.8 Å². The van der Waals surface area contributed by atoms with Crippen LogP contribution in [-0.2, 0) is 5.41 Å². The summed E-state index contributed by atoms with van der Waals surface area (Å²) in [6.07, 6.45) is 9.17. The fraction of sp³-hybridized carbons (Fsp3) is 0.300. The number of hydrogen-bond donors (Lipinski definition) is 0. The Morgan fingerprint density at radius 1 is 1.50 bits per heavy atom. The van der Waals surface area contributed by atoms with Crippen LogP contribution in [0, 0.1) is 12.3 Å². The van der Waals surface area contributed by atoms with Gasteiger partial charge in [0.15, 0.2) is 0 Å². The van der Waals surface area contributed by atoms with Gasteiger partial charge in [-0.2, -0.15) is 0 Å². The van der Waals surface area contributed by atoms with Crippen LogP contribution in [-0.4, -0.2) is 4.98 Å². The van der Waals surface area contributed by atoms with Crippen molar-refractivity contribution < 1.29 is 0 Å². The predicted octanol–water partition coefficient (Wildman–Crippen LogP) is 2.40. The van der Waals surface area contributed by atoms with E-state index in [1.807, 2.05) is 12.1 Å². The first-order valence-corrected chi connectivity index (χ1v) is 4.24. The number of halogens is 1. The first kappa shape index (κ1) is 7.64. The average molecular weight is 178 g/mol. The summed E-state index contributed by atoms with van der Waals surface area (Å²) in [7, 11) is 0. The molecule has 60 valence electrons. The molecule has 0 spiro atoms. The van der Waals surface area contributed by atoms with Crippen molar-refractivity contribution in [1.82, 2.24) is 4.98 Å². The maximum Gasteiger partial charge on any atom is 0.0733 e. The molecule has 1 aromatic rings. The SMILES string of the molecule is C#CC1(c2ccc(Cl)cn2)CC1. The van der Waals surface area contributed by atoms with Gasteiger partial charge in [0.2, 0.25) is 0 Å². The van der Waals surface area contributed by atoms with Gasteiger partial charge in [0.05, 0.1) is 16.1 Å².